The second-order valence-corrected chi connectivity index (χ2v) is 4.21. The van der Waals surface area contributed by atoms with Gasteiger partial charge in [0.1, 0.15) is 0 Å². The van der Waals surface area contributed by atoms with E-state index in [0.29, 0.717) is 16.1 Å². The van der Waals surface area contributed by atoms with Crippen molar-refractivity contribution in [3.63, 3.8) is 0 Å². The number of benzene rings is 1. The average Bonchev–Trinajstić information content (AvgIpc) is 2.51. The van der Waals surface area contributed by atoms with Gasteiger partial charge in [-0.1, -0.05) is 11.6 Å². The summed E-state index contributed by atoms with van der Waals surface area (Å²) in [5.74, 6) is -1.13. The highest BCUT2D eigenvalue weighted by molar-refractivity contribution is 6.31. The van der Waals surface area contributed by atoms with Crippen LogP contribution in [0.3, 0.4) is 0 Å². The molecule has 1 aliphatic carbocycles. The number of Topliss-reactive ketones (excluding diaryl/α,β-unsaturated/α-hetero) is 1. The van der Waals surface area contributed by atoms with Crippen LogP contribution in [0.1, 0.15) is 15.9 Å². The van der Waals surface area contributed by atoms with E-state index >= 15 is 0 Å². The van der Waals surface area contributed by atoms with Crippen LogP contribution in [-0.4, -0.2) is 24.4 Å². The Labute approximate surface area is 97.3 Å². The van der Waals surface area contributed by atoms with E-state index in [4.69, 9.17) is 17.3 Å². The van der Waals surface area contributed by atoms with Gasteiger partial charge in [-0.3, -0.25) is 4.79 Å². The van der Waals surface area contributed by atoms with Crippen LogP contribution in [0.2, 0.25) is 5.02 Å². The van der Waals surface area contributed by atoms with Crippen molar-refractivity contribution in [2.75, 3.05) is 7.11 Å². The quantitative estimate of drug-likeness (QED) is 0.585. The zero-order chi connectivity index (χ0) is 11.9. The minimum Gasteiger partial charge on any atom is -0.467 e. The molecule has 0 aliphatic heterocycles. The fourth-order valence-corrected chi connectivity index (χ4v) is 2.09. The summed E-state index contributed by atoms with van der Waals surface area (Å²) in [5.41, 5.74) is 5.32. The van der Waals surface area contributed by atoms with Gasteiger partial charge >= 0.3 is 5.97 Å². The van der Waals surface area contributed by atoms with Crippen molar-refractivity contribution < 1.29 is 14.3 Å². The number of rotatable bonds is 1. The minimum absolute atomic E-state index is 0.133. The molecule has 0 aromatic heterocycles. The highest BCUT2D eigenvalue weighted by atomic mass is 35.5. The molecule has 1 aromatic rings. The van der Waals surface area contributed by atoms with Gasteiger partial charge in [-0.25, -0.2) is 4.79 Å². The second kappa shape index (κ2) is 3.57. The normalized spacial score (nSPS) is 23.1. The maximum Gasteiger partial charge on any atom is 0.334 e. The number of methoxy groups -OCH3 is 1. The molecule has 0 saturated carbocycles. The molecule has 1 aromatic carbocycles. The van der Waals surface area contributed by atoms with E-state index in [1.807, 2.05) is 0 Å². The number of carbonyl (C=O) groups excluding carboxylic acids is 2. The summed E-state index contributed by atoms with van der Waals surface area (Å²) < 4.78 is 4.55. The zero-order valence-corrected chi connectivity index (χ0v) is 9.38. The smallest absolute Gasteiger partial charge is 0.334 e. The molecule has 2 N–H and O–H groups in total. The van der Waals surface area contributed by atoms with Crippen molar-refractivity contribution in [1.29, 1.82) is 0 Å². The van der Waals surface area contributed by atoms with Crippen LogP contribution in [-0.2, 0) is 16.0 Å². The Balaban J connectivity index is 2.48. The van der Waals surface area contributed by atoms with Gasteiger partial charge < -0.3 is 10.5 Å². The van der Waals surface area contributed by atoms with Gasteiger partial charge in [0.05, 0.1) is 7.11 Å². The molecule has 0 fully saturated rings. The Kier molecular flexibility index (Phi) is 2.48. The molecule has 0 heterocycles. The SMILES string of the molecule is COC(=O)C1(N)Cc2cc(Cl)ccc2C1=O. The molecule has 0 saturated heterocycles. The predicted molar refractivity (Wildman–Crippen MR) is 58.4 cm³/mol. The molecular weight excluding hydrogens is 230 g/mol. The molecule has 0 bridgehead atoms. The first kappa shape index (κ1) is 11.1. The van der Waals surface area contributed by atoms with Gasteiger partial charge in [0, 0.05) is 17.0 Å². The van der Waals surface area contributed by atoms with Crippen molar-refractivity contribution in [3.05, 3.63) is 34.3 Å². The average molecular weight is 240 g/mol. The van der Waals surface area contributed by atoms with Crippen LogP contribution in [0.4, 0.5) is 0 Å². The van der Waals surface area contributed by atoms with E-state index in [0.717, 1.165) is 0 Å². The number of esters is 1. The van der Waals surface area contributed by atoms with E-state index in [1.54, 1.807) is 18.2 Å². The predicted octanol–water partition coefficient (Wildman–Crippen LogP) is 0.949. The molecule has 0 amide bonds. The molecule has 84 valence electrons. The first-order chi connectivity index (χ1) is 7.49. The summed E-state index contributed by atoms with van der Waals surface area (Å²) in [6.07, 6.45) is 0.133. The number of hydrogen-bond donors (Lipinski definition) is 1. The summed E-state index contributed by atoms with van der Waals surface area (Å²) in [5, 5.41) is 0.515. The Morgan fingerprint density at radius 2 is 2.25 bits per heavy atom. The van der Waals surface area contributed by atoms with Gasteiger partial charge in [0.15, 0.2) is 11.3 Å². The third-order valence-corrected chi connectivity index (χ3v) is 2.97. The summed E-state index contributed by atoms with van der Waals surface area (Å²) >= 11 is 5.81. The molecule has 1 unspecified atom stereocenters. The Hall–Kier alpha value is -1.39. The molecule has 2 rings (SSSR count). The van der Waals surface area contributed by atoms with Gasteiger partial charge in [-0.2, -0.15) is 0 Å². The van der Waals surface area contributed by atoms with E-state index in [9.17, 15) is 9.59 Å². The molecular formula is C11H10ClNO3. The number of fused-ring (bicyclic) bond motifs is 1. The summed E-state index contributed by atoms with van der Waals surface area (Å²) in [4.78, 5) is 23.5. The lowest BCUT2D eigenvalue weighted by molar-refractivity contribution is -0.144. The standard InChI is InChI=1S/C11H10ClNO3/c1-16-10(15)11(13)5-6-4-7(12)2-3-8(6)9(11)14/h2-4H,5,13H2,1H3. The van der Waals surface area contributed by atoms with Crippen LogP contribution >= 0.6 is 11.6 Å². The minimum atomic E-state index is -1.60. The molecule has 5 heteroatoms. The van der Waals surface area contributed by atoms with Crippen LogP contribution < -0.4 is 5.73 Å². The van der Waals surface area contributed by atoms with Crippen LogP contribution in [0.15, 0.2) is 18.2 Å². The molecule has 0 radical (unpaired) electrons. The van der Waals surface area contributed by atoms with E-state index in [-0.39, 0.29) is 6.42 Å². The second-order valence-electron chi connectivity index (χ2n) is 3.77. The third kappa shape index (κ3) is 1.42. The zero-order valence-electron chi connectivity index (χ0n) is 8.62. The Morgan fingerprint density at radius 1 is 1.56 bits per heavy atom. The van der Waals surface area contributed by atoms with Gasteiger partial charge in [-0.05, 0) is 23.8 Å². The fourth-order valence-electron chi connectivity index (χ4n) is 1.90. The van der Waals surface area contributed by atoms with E-state index in [2.05, 4.69) is 4.74 Å². The monoisotopic (exact) mass is 239 g/mol. The molecule has 4 nitrogen and oxygen atoms in total. The number of ether oxygens (including phenoxy) is 1. The van der Waals surface area contributed by atoms with Crippen molar-refractivity contribution >= 4 is 23.4 Å². The van der Waals surface area contributed by atoms with Gasteiger partial charge in [0.2, 0.25) is 0 Å². The summed E-state index contributed by atoms with van der Waals surface area (Å²) in [6, 6.07) is 4.82. The van der Waals surface area contributed by atoms with E-state index in [1.165, 1.54) is 7.11 Å². The summed E-state index contributed by atoms with van der Waals surface area (Å²) in [6.45, 7) is 0. The number of hydrogen-bond acceptors (Lipinski definition) is 4. The van der Waals surface area contributed by atoms with Gasteiger partial charge in [-0.15, -0.1) is 0 Å². The molecule has 1 atom stereocenters. The van der Waals surface area contributed by atoms with Crippen molar-refractivity contribution in [2.24, 2.45) is 5.73 Å². The van der Waals surface area contributed by atoms with E-state index < -0.39 is 17.3 Å². The van der Waals surface area contributed by atoms with Crippen molar-refractivity contribution in [3.8, 4) is 0 Å². The highest BCUT2D eigenvalue weighted by Crippen LogP contribution is 2.31. The van der Waals surface area contributed by atoms with Crippen molar-refractivity contribution in [1.82, 2.24) is 0 Å². The lowest BCUT2D eigenvalue weighted by Crippen LogP contribution is -2.54. The largest absolute Gasteiger partial charge is 0.467 e. The molecule has 1 aliphatic rings. The first-order valence-electron chi connectivity index (χ1n) is 4.69. The third-order valence-electron chi connectivity index (χ3n) is 2.74. The Morgan fingerprint density at radius 3 is 2.88 bits per heavy atom. The lowest BCUT2D eigenvalue weighted by Gasteiger charge is -2.17. The maximum atomic E-state index is 12.0. The topological polar surface area (TPSA) is 69.4 Å². The van der Waals surface area contributed by atoms with Crippen LogP contribution in [0.25, 0.3) is 0 Å². The van der Waals surface area contributed by atoms with Crippen molar-refractivity contribution in [2.45, 2.75) is 12.0 Å². The molecule has 0 spiro atoms. The first-order valence-corrected chi connectivity index (χ1v) is 5.07. The number of ketones is 1. The Bertz CT molecular complexity index is 486. The fraction of sp³-hybridized carbons (Fsp3) is 0.273. The lowest BCUT2D eigenvalue weighted by atomic mass is 9.96. The highest BCUT2D eigenvalue weighted by Gasteiger charge is 2.49. The number of carbonyl (C=O) groups is 2. The molecule has 16 heavy (non-hydrogen) atoms. The van der Waals surface area contributed by atoms with Gasteiger partial charge in [0.25, 0.3) is 0 Å². The summed E-state index contributed by atoms with van der Waals surface area (Å²) in [7, 11) is 1.21. The van der Waals surface area contributed by atoms with Crippen LogP contribution in [0.5, 0.6) is 0 Å². The maximum absolute atomic E-state index is 12.0. The van der Waals surface area contributed by atoms with Crippen LogP contribution in [0, 0.1) is 0 Å². The number of halogens is 1. The number of nitrogens with two attached hydrogens (primary N) is 1.